The summed E-state index contributed by atoms with van der Waals surface area (Å²) in [5.74, 6) is -5.86. The molecule has 2 rings (SSSR count). The molecule has 0 bridgehead atoms. The van der Waals surface area contributed by atoms with Crippen LogP contribution in [0, 0.1) is 23.3 Å². The van der Waals surface area contributed by atoms with E-state index in [9.17, 15) is 17.6 Å². The molecule has 0 radical (unpaired) electrons. The van der Waals surface area contributed by atoms with Crippen LogP contribution in [0.5, 0.6) is 0 Å². The van der Waals surface area contributed by atoms with Gasteiger partial charge in [0, 0.05) is 11.1 Å². The molecule has 4 heteroatoms. The molecule has 0 aliphatic heterocycles. The molecule has 0 nitrogen and oxygen atoms in total. The van der Waals surface area contributed by atoms with Gasteiger partial charge < -0.3 is 0 Å². The lowest BCUT2D eigenvalue weighted by Crippen LogP contribution is -2.09. The van der Waals surface area contributed by atoms with Crippen molar-refractivity contribution in [2.24, 2.45) is 0 Å². The highest BCUT2D eigenvalue weighted by Gasteiger charge is 2.35. The first-order valence-corrected chi connectivity index (χ1v) is 5.30. The summed E-state index contributed by atoms with van der Waals surface area (Å²) in [5.41, 5.74) is -0.918. The Morgan fingerprint density at radius 2 is 1.31 bits per heavy atom. The van der Waals surface area contributed by atoms with Crippen LogP contribution < -0.4 is 0 Å². The van der Waals surface area contributed by atoms with Crippen molar-refractivity contribution in [3.05, 3.63) is 34.4 Å². The fourth-order valence-corrected chi connectivity index (χ4v) is 1.90. The predicted octanol–water partition coefficient (Wildman–Crippen LogP) is 4.24. The van der Waals surface area contributed by atoms with Crippen molar-refractivity contribution < 1.29 is 17.6 Å². The van der Waals surface area contributed by atoms with Crippen LogP contribution in [0.3, 0.4) is 0 Å². The Hall–Kier alpha value is -1.06. The maximum absolute atomic E-state index is 13.6. The van der Waals surface area contributed by atoms with Gasteiger partial charge in [0.2, 0.25) is 0 Å². The van der Waals surface area contributed by atoms with E-state index in [0.29, 0.717) is 12.8 Å². The van der Waals surface area contributed by atoms with Gasteiger partial charge in [-0.25, -0.2) is 17.6 Å². The van der Waals surface area contributed by atoms with Gasteiger partial charge in [0.1, 0.15) is 0 Å². The highest BCUT2D eigenvalue weighted by molar-refractivity contribution is 5.35. The van der Waals surface area contributed by atoms with Gasteiger partial charge in [-0.2, -0.15) is 0 Å². The molecule has 1 aliphatic rings. The Labute approximate surface area is 91.3 Å². The highest BCUT2D eigenvalue weighted by Crippen LogP contribution is 2.44. The second kappa shape index (κ2) is 3.75. The molecular weight excluding hydrogens is 220 g/mol. The average molecular weight is 232 g/mol. The van der Waals surface area contributed by atoms with E-state index in [1.807, 2.05) is 0 Å². The van der Waals surface area contributed by atoms with Crippen LogP contribution in [0.1, 0.15) is 49.7 Å². The summed E-state index contributed by atoms with van der Waals surface area (Å²) in [6.07, 6.45) is 1.18. The third-order valence-corrected chi connectivity index (χ3v) is 2.89. The number of halogens is 4. The van der Waals surface area contributed by atoms with Crippen LogP contribution in [0.2, 0.25) is 0 Å². The molecule has 0 unspecified atom stereocenters. The molecule has 0 atom stereocenters. The summed E-state index contributed by atoms with van der Waals surface area (Å²) in [7, 11) is 0. The molecule has 1 fully saturated rings. The van der Waals surface area contributed by atoms with E-state index in [2.05, 4.69) is 0 Å². The molecule has 1 aromatic rings. The van der Waals surface area contributed by atoms with Gasteiger partial charge in [-0.1, -0.05) is 13.8 Å². The van der Waals surface area contributed by atoms with Gasteiger partial charge in [0.15, 0.2) is 23.3 Å². The molecule has 0 amide bonds. The molecule has 0 heterocycles. The lowest BCUT2D eigenvalue weighted by atomic mass is 9.97. The minimum absolute atomic E-state index is 0.356. The van der Waals surface area contributed by atoms with Gasteiger partial charge in [-0.05, 0) is 24.7 Å². The zero-order chi connectivity index (χ0) is 12.0. The minimum atomic E-state index is -1.24. The number of rotatable bonds is 2. The van der Waals surface area contributed by atoms with Crippen molar-refractivity contribution >= 4 is 0 Å². The quantitative estimate of drug-likeness (QED) is 0.528. The smallest absolute Gasteiger partial charge is 0.165 e. The first-order chi connectivity index (χ1) is 7.45. The van der Waals surface area contributed by atoms with Crippen LogP contribution in [0.4, 0.5) is 17.6 Å². The number of hydrogen-bond donors (Lipinski definition) is 0. The van der Waals surface area contributed by atoms with E-state index in [-0.39, 0.29) is 5.92 Å². The van der Waals surface area contributed by atoms with E-state index < -0.39 is 40.3 Å². The van der Waals surface area contributed by atoms with Gasteiger partial charge in [0.05, 0.1) is 0 Å². The van der Waals surface area contributed by atoms with Crippen LogP contribution in [-0.2, 0) is 0 Å². The lowest BCUT2D eigenvalue weighted by Gasteiger charge is -2.13. The minimum Gasteiger partial charge on any atom is -0.203 e. The molecule has 1 aromatic carbocycles. The van der Waals surface area contributed by atoms with Crippen LogP contribution in [-0.4, -0.2) is 0 Å². The molecule has 0 N–H and O–H groups in total. The van der Waals surface area contributed by atoms with Gasteiger partial charge in [-0.15, -0.1) is 0 Å². The van der Waals surface area contributed by atoms with Crippen molar-refractivity contribution in [2.75, 3.05) is 0 Å². The third kappa shape index (κ3) is 1.60. The summed E-state index contributed by atoms with van der Waals surface area (Å²) in [4.78, 5) is 0. The predicted molar refractivity (Wildman–Crippen MR) is 52.3 cm³/mol. The SMILES string of the molecule is CC(C)c1c(F)c(F)c(C2CC2)c(F)c1F. The van der Waals surface area contributed by atoms with Gasteiger partial charge in [-0.3, -0.25) is 0 Å². The van der Waals surface area contributed by atoms with E-state index >= 15 is 0 Å². The Bertz CT molecular complexity index is 371. The normalized spacial score (nSPS) is 15.9. The standard InChI is InChI=1S/C12H12F4/c1-5(2)7-9(13)11(15)8(6-3-4-6)12(16)10(7)14/h5-6H,3-4H2,1-2H3. The summed E-state index contributed by atoms with van der Waals surface area (Å²) < 4.78 is 54.3. The van der Waals surface area contributed by atoms with Crippen LogP contribution in [0.25, 0.3) is 0 Å². The average Bonchev–Trinajstić information content (AvgIpc) is 2.99. The van der Waals surface area contributed by atoms with Crippen molar-refractivity contribution in [2.45, 2.75) is 38.5 Å². The Balaban J connectivity index is 2.68. The molecular formula is C12H12F4. The fourth-order valence-electron chi connectivity index (χ4n) is 1.90. The topological polar surface area (TPSA) is 0 Å². The van der Waals surface area contributed by atoms with E-state index in [0.717, 1.165) is 0 Å². The Morgan fingerprint density at radius 3 is 1.62 bits per heavy atom. The molecule has 0 saturated heterocycles. The third-order valence-electron chi connectivity index (χ3n) is 2.89. The largest absolute Gasteiger partial charge is 0.203 e. The van der Waals surface area contributed by atoms with Crippen molar-refractivity contribution in [1.82, 2.24) is 0 Å². The van der Waals surface area contributed by atoms with Crippen molar-refractivity contribution in [3.8, 4) is 0 Å². The summed E-state index contributed by atoms with van der Waals surface area (Å²) in [6, 6.07) is 0. The van der Waals surface area contributed by atoms with Gasteiger partial charge in [0.25, 0.3) is 0 Å². The van der Waals surface area contributed by atoms with Crippen molar-refractivity contribution in [1.29, 1.82) is 0 Å². The van der Waals surface area contributed by atoms with Gasteiger partial charge >= 0.3 is 0 Å². The highest BCUT2D eigenvalue weighted by atomic mass is 19.2. The maximum Gasteiger partial charge on any atom is 0.165 e. The zero-order valence-corrected chi connectivity index (χ0v) is 9.08. The summed E-state index contributed by atoms with van der Waals surface area (Å²) in [5, 5.41) is 0. The van der Waals surface area contributed by atoms with Crippen molar-refractivity contribution in [3.63, 3.8) is 0 Å². The molecule has 1 aliphatic carbocycles. The fraction of sp³-hybridized carbons (Fsp3) is 0.500. The Kier molecular flexibility index (Phi) is 2.68. The molecule has 16 heavy (non-hydrogen) atoms. The van der Waals surface area contributed by atoms with Crippen LogP contribution in [0.15, 0.2) is 0 Å². The summed E-state index contributed by atoms with van der Waals surface area (Å²) in [6.45, 7) is 2.99. The first kappa shape index (κ1) is 11.4. The van der Waals surface area contributed by atoms with E-state index in [4.69, 9.17) is 0 Å². The Morgan fingerprint density at radius 1 is 0.875 bits per heavy atom. The summed E-state index contributed by atoms with van der Waals surface area (Å²) >= 11 is 0. The molecule has 0 spiro atoms. The number of hydrogen-bond acceptors (Lipinski definition) is 0. The lowest BCUT2D eigenvalue weighted by molar-refractivity contribution is 0.420. The molecule has 0 aromatic heterocycles. The first-order valence-electron chi connectivity index (χ1n) is 5.30. The van der Waals surface area contributed by atoms with E-state index in [1.54, 1.807) is 0 Å². The molecule has 1 saturated carbocycles. The monoisotopic (exact) mass is 232 g/mol. The molecule has 88 valence electrons. The second-order valence-electron chi connectivity index (χ2n) is 4.51. The zero-order valence-electron chi connectivity index (χ0n) is 9.08. The van der Waals surface area contributed by atoms with E-state index in [1.165, 1.54) is 13.8 Å². The number of benzene rings is 1. The second-order valence-corrected chi connectivity index (χ2v) is 4.51. The van der Waals surface area contributed by atoms with Crippen LogP contribution >= 0.6 is 0 Å². The maximum atomic E-state index is 13.6.